The Morgan fingerprint density at radius 3 is 2.95 bits per heavy atom. The largest absolute Gasteiger partial charge is 0.396 e. The van der Waals surface area contributed by atoms with Crippen molar-refractivity contribution in [3.63, 3.8) is 0 Å². The zero-order chi connectivity index (χ0) is 14.0. The standard InChI is InChI=1S/C12H21N5O2/c1-15(2)6-10-3-11(18)7-17(10)12(19)8-16-5-9(13)4-14-16/h4-5,10-11,18H,3,6-8,13H2,1-2H3. The fourth-order valence-corrected chi connectivity index (χ4v) is 2.49. The molecule has 3 N–H and O–H groups in total. The Morgan fingerprint density at radius 1 is 1.63 bits per heavy atom. The number of hydrogen-bond donors (Lipinski definition) is 2. The first-order chi connectivity index (χ1) is 8.95. The average Bonchev–Trinajstić information content (AvgIpc) is 2.84. The third-order valence-corrected chi connectivity index (χ3v) is 3.24. The minimum absolute atomic E-state index is 0.0356. The first-order valence-corrected chi connectivity index (χ1v) is 6.36. The summed E-state index contributed by atoms with van der Waals surface area (Å²) in [6.45, 7) is 1.31. The molecule has 7 heteroatoms. The monoisotopic (exact) mass is 267 g/mol. The van der Waals surface area contributed by atoms with Crippen molar-refractivity contribution >= 4 is 11.6 Å². The van der Waals surface area contributed by atoms with Crippen molar-refractivity contribution in [3.8, 4) is 0 Å². The fraction of sp³-hybridized carbons (Fsp3) is 0.667. The number of nitrogen functional groups attached to an aromatic ring is 1. The molecule has 0 radical (unpaired) electrons. The predicted molar refractivity (Wildman–Crippen MR) is 71.3 cm³/mol. The van der Waals surface area contributed by atoms with Gasteiger partial charge in [-0.05, 0) is 20.5 Å². The zero-order valence-electron chi connectivity index (χ0n) is 11.4. The highest BCUT2D eigenvalue weighted by molar-refractivity contribution is 5.76. The molecular formula is C12H21N5O2. The van der Waals surface area contributed by atoms with Crippen molar-refractivity contribution in [2.45, 2.75) is 25.1 Å². The summed E-state index contributed by atoms with van der Waals surface area (Å²) in [5, 5.41) is 13.8. The van der Waals surface area contributed by atoms with E-state index in [-0.39, 0.29) is 18.5 Å². The van der Waals surface area contributed by atoms with Crippen molar-refractivity contribution < 1.29 is 9.90 Å². The van der Waals surface area contributed by atoms with Gasteiger partial charge in [0.25, 0.3) is 0 Å². The molecule has 0 aliphatic carbocycles. The van der Waals surface area contributed by atoms with Crippen LogP contribution in [0.4, 0.5) is 5.69 Å². The molecule has 19 heavy (non-hydrogen) atoms. The number of likely N-dealkylation sites (N-methyl/N-ethyl adjacent to an activating group) is 1. The number of nitrogens with zero attached hydrogens (tertiary/aromatic N) is 4. The maximum Gasteiger partial charge on any atom is 0.244 e. The molecular weight excluding hydrogens is 246 g/mol. The summed E-state index contributed by atoms with van der Waals surface area (Å²) < 4.78 is 1.52. The second kappa shape index (κ2) is 5.58. The summed E-state index contributed by atoms with van der Waals surface area (Å²) in [6, 6.07) is 0.0606. The number of amides is 1. The summed E-state index contributed by atoms with van der Waals surface area (Å²) in [4.78, 5) is 16.0. The molecule has 106 valence electrons. The smallest absolute Gasteiger partial charge is 0.244 e. The average molecular weight is 267 g/mol. The van der Waals surface area contributed by atoms with Gasteiger partial charge < -0.3 is 20.6 Å². The van der Waals surface area contributed by atoms with Gasteiger partial charge in [0.1, 0.15) is 6.54 Å². The molecule has 0 saturated carbocycles. The van der Waals surface area contributed by atoms with Crippen LogP contribution in [-0.2, 0) is 11.3 Å². The minimum Gasteiger partial charge on any atom is -0.396 e. The van der Waals surface area contributed by atoms with Crippen LogP contribution in [0.2, 0.25) is 0 Å². The number of carbonyl (C=O) groups excluding carboxylic acids is 1. The summed E-state index contributed by atoms with van der Waals surface area (Å²) in [7, 11) is 3.92. The number of β-amino-alcohol motifs (C(OH)–C–C–N with tert-alkyl or cyclic N) is 1. The van der Waals surface area contributed by atoms with Gasteiger partial charge in [-0.3, -0.25) is 9.48 Å². The lowest BCUT2D eigenvalue weighted by Gasteiger charge is -2.26. The van der Waals surface area contributed by atoms with Crippen LogP contribution in [0.5, 0.6) is 0 Å². The van der Waals surface area contributed by atoms with E-state index in [1.54, 1.807) is 11.1 Å². The molecule has 1 saturated heterocycles. The molecule has 2 heterocycles. The maximum absolute atomic E-state index is 12.3. The van der Waals surface area contributed by atoms with Crippen molar-refractivity contribution in [2.24, 2.45) is 0 Å². The van der Waals surface area contributed by atoms with E-state index in [2.05, 4.69) is 5.10 Å². The number of nitrogens with two attached hydrogens (primary N) is 1. The Bertz CT molecular complexity index is 445. The number of carbonyl (C=O) groups is 1. The van der Waals surface area contributed by atoms with Crippen LogP contribution in [0.25, 0.3) is 0 Å². The number of aromatic nitrogens is 2. The number of anilines is 1. The van der Waals surface area contributed by atoms with E-state index >= 15 is 0 Å². The number of likely N-dealkylation sites (tertiary alicyclic amines) is 1. The van der Waals surface area contributed by atoms with Crippen molar-refractivity contribution in [1.82, 2.24) is 19.6 Å². The SMILES string of the molecule is CN(C)CC1CC(O)CN1C(=O)Cn1cc(N)cn1. The van der Waals surface area contributed by atoms with Gasteiger partial charge in [-0.25, -0.2) is 0 Å². The van der Waals surface area contributed by atoms with Gasteiger partial charge in [-0.15, -0.1) is 0 Å². The van der Waals surface area contributed by atoms with E-state index in [0.29, 0.717) is 18.7 Å². The van der Waals surface area contributed by atoms with Crippen molar-refractivity contribution in [1.29, 1.82) is 0 Å². The molecule has 0 spiro atoms. The molecule has 1 aliphatic rings. The molecule has 0 bridgehead atoms. The van der Waals surface area contributed by atoms with Crippen molar-refractivity contribution in [3.05, 3.63) is 12.4 Å². The van der Waals surface area contributed by atoms with Crippen LogP contribution in [0.15, 0.2) is 12.4 Å². The maximum atomic E-state index is 12.3. The summed E-state index contributed by atoms with van der Waals surface area (Å²) in [5.41, 5.74) is 6.11. The predicted octanol–water partition coefficient (Wildman–Crippen LogP) is -1.01. The van der Waals surface area contributed by atoms with Crippen LogP contribution in [0, 0.1) is 0 Å². The Kier molecular flexibility index (Phi) is 4.06. The normalized spacial score (nSPS) is 23.3. The second-order valence-electron chi connectivity index (χ2n) is 5.32. The van der Waals surface area contributed by atoms with E-state index < -0.39 is 6.10 Å². The number of aliphatic hydroxyl groups is 1. The molecule has 1 amide bonds. The van der Waals surface area contributed by atoms with Gasteiger partial charge in [0, 0.05) is 25.3 Å². The van der Waals surface area contributed by atoms with Gasteiger partial charge in [-0.2, -0.15) is 5.10 Å². The third-order valence-electron chi connectivity index (χ3n) is 3.24. The molecule has 1 aromatic rings. The lowest BCUT2D eigenvalue weighted by Crippen LogP contribution is -2.42. The quantitative estimate of drug-likeness (QED) is 0.730. The van der Waals surface area contributed by atoms with Gasteiger partial charge in [0.05, 0.1) is 18.0 Å². The highest BCUT2D eigenvalue weighted by atomic mass is 16.3. The van der Waals surface area contributed by atoms with Gasteiger partial charge >= 0.3 is 0 Å². The first kappa shape index (κ1) is 13.8. The van der Waals surface area contributed by atoms with Crippen LogP contribution < -0.4 is 5.73 Å². The Morgan fingerprint density at radius 2 is 2.37 bits per heavy atom. The van der Waals surface area contributed by atoms with Crippen molar-refractivity contribution in [2.75, 3.05) is 32.9 Å². The Hall–Kier alpha value is -1.60. The highest BCUT2D eigenvalue weighted by Gasteiger charge is 2.34. The third kappa shape index (κ3) is 3.45. The van der Waals surface area contributed by atoms with Crippen LogP contribution in [-0.4, -0.2) is 69.9 Å². The minimum atomic E-state index is -0.434. The van der Waals surface area contributed by atoms with E-state index in [1.165, 1.54) is 10.9 Å². The molecule has 1 fully saturated rings. The van der Waals surface area contributed by atoms with E-state index in [4.69, 9.17) is 5.73 Å². The van der Waals surface area contributed by atoms with Crippen LogP contribution in [0.3, 0.4) is 0 Å². The first-order valence-electron chi connectivity index (χ1n) is 6.36. The number of hydrogen-bond acceptors (Lipinski definition) is 5. The van der Waals surface area contributed by atoms with Gasteiger partial charge in [0.2, 0.25) is 5.91 Å². The molecule has 1 aromatic heterocycles. The number of rotatable bonds is 4. The molecule has 2 atom stereocenters. The zero-order valence-corrected chi connectivity index (χ0v) is 11.4. The highest BCUT2D eigenvalue weighted by Crippen LogP contribution is 2.19. The summed E-state index contributed by atoms with van der Waals surface area (Å²) in [5.74, 6) is -0.0356. The molecule has 2 rings (SSSR count). The Balaban J connectivity index is 2.00. The number of aliphatic hydroxyl groups excluding tert-OH is 1. The van der Waals surface area contributed by atoms with Crippen LogP contribution >= 0.6 is 0 Å². The lowest BCUT2D eigenvalue weighted by molar-refractivity contribution is -0.133. The topological polar surface area (TPSA) is 87.6 Å². The van der Waals surface area contributed by atoms with E-state index in [9.17, 15) is 9.90 Å². The van der Waals surface area contributed by atoms with E-state index in [0.717, 1.165) is 6.54 Å². The summed E-state index contributed by atoms with van der Waals surface area (Å²) in [6.07, 6.45) is 3.34. The Labute approximate surface area is 112 Å². The van der Waals surface area contributed by atoms with E-state index in [1.807, 2.05) is 19.0 Å². The molecule has 1 aliphatic heterocycles. The molecule has 7 nitrogen and oxygen atoms in total. The molecule has 0 aromatic carbocycles. The second-order valence-corrected chi connectivity index (χ2v) is 5.32. The van der Waals surface area contributed by atoms with Crippen LogP contribution in [0.1, 0.15) is 6.42 Å². The summed E-state index contributed by atoms with van der Waals surface area (Å²) >= 11 is 0. The fourth-order valence-electron chi connectivity index (χ4n) is 2.49. The van der Waals surface area contributed by atoms with Gasteiger partial charge in [-0.1, -0.05) is 0 Å². The lowest BCUT2D eigenvalue weighted by atomic mass is 10.2. The molecule has 2 unspecified atom stereocenters. The van der Waals surface area contributed by atoms with Gasteiger partial charge in [0.15, 0.2) is 0 Å².